The van der Waals surface area contributed by atoms with Crippen LogP contribution < -0.4 is 5.32 Å². The minimum Gasteiger partial charge on any atom is -0.467 e. The number of hydrogen-bond acceptors (Lipinski definition) is 3. The van der Waals surface area contributed by atoms with Crippen molar-refractivity contribution >= 4 is 27.8 Å². The Kier molecular flexibility index (Phi) is 5.60. The van der Waals surface area contributed by atoms with Crippen molar-refractivity contribution in [3.05, 3.63) is 22.4 Å². The van der Waals surface area contributed by atoms with Crippen LogP contribution >= 0.6 is 15.9 Å². The number of hydrogen-bond donors (Lipinski definition) is 1. The summed E-state index contributed by atoms with van der Waals surface area (Å²) in [5.74, 6) is -0.751. The summed E-state index contributed by atoms with van der Waals surface area (Å²) in [4.78, 5) is 23.8. The molecule has 0 aliphatic carbocycles. The fourth-order valence-electron chi connectivity index (χ4n) is 1.77. The Hall–Kier alpha value is -1.30. The van der Waals surface area contributed by atoms with Gasteiger partial charge in [0.05, 0.1) is 7.11 Å². The lowest BCUT2D eigenvalue weighted by Crippen LogP contribution is -2.45. The third-order valence-corrected chi connectivity index (χ3v) is 3.28. The Morgan fingerprint density at radius 3 is 2.58 bits per heavy atom. The highest BCUT2D eigenvalue weighted by atomic mass is 79.9. The van der Waals surface area contributed by atoms with E-state index in [2.05, 4.69) is 21.2 Å². The van der Waals surface area contributed by atoms with Crippen molar-refractivity contribution < 1.29 is 14.3 Å². The fraction of sp³-hybridized carbons (Fsp3) is 0.538. The molecule has 1 amide bonds. The van der Waals surface area contributed by atoms with Crippen molar-refractivity contribution in [3.63, 3.8) is 0 Å². The zero-order chi connectivity index (χ0) is 14.6. The molecule has 0 saturated carbocycles. The average Bonchev–Trinajstić information content (AvgIpc) is 2.75. The largest absolute Gasteiger partial charge is 0.467 e. The van der Waals surface area contributed by atoms with Crippen LogP contribution in [0.5, 0.6) is 0 Å². The van der Waals surface area contributed by atoms with Crippen molar-refractivity contribution in [3.8, 4) is 0 Å². The lowest BCUT2D eigenvalue weighted by molar-refractivity contribution is -0.144. The number of nitrogens with one attached hydrogen (secondary N) is 1. The molecule has 6 heteroatoms. The van der Waals surface area contributed by atoms with Crippen LogP contribution in [0.4, 0.5) is 0 Å². The van der Waals surface area contributed by atoms with Gasteiger partial charge in [0.1, 0.15) is 11.7 Å². The topological polar surface area (TPSA) is 60.3 Å². The summed E-state index contributed by atoms with van der Waals surface area (Å²) in [6.07, 6.45) is 1.83. The van der Waals surface area contributed by atoms with Gasteiger partial charge in [-0.2, -0.15) is 0 Å². The van der Waals surface area contributed by atoms with Crippen LogP contribution in [0.2, 0.25) is 0 Å². The average molecular weight is 331 g/mol. The first-order valence-electron chi connectivity index (χ1n) is 6.15. The number of ether oxygens (including phenoxy) is 1. The maximum Gasteiger partial charge on any atom is 0.328 e. The van der Waals surface area contributed by atoms with Gasteiger partial charge in [-0.15, -0.1) is 0 Å². The Morgan fingerprint density at radius 2 is 2.11 bits per heavy atom. The third kappa shape index (κ3) is 3.83. The van der Waals surface area contributed by atoms with E-state index >= 15 is 0 Å². The van der Waals surface area contributed by atoms with E-state index in [-0.39, 0.29) is 11.8 Å². The van der Waals surface area contributed by atoms with Gasteiger partial charge < -0.3 is 14.6 Å². The van der Waals surface area contributed by atoms with Crippen molar-refractivity contribution in [1.29, 1.82) is 0 Å². The Labute approximate surface area is 121 Å². The van der Waals surface area contributed by atoms with E-state index in [1.807, 2.05) is 31.5 Å². The van der Waals surface area contributed by atoms with Crippen LogP contribution in [-0.4, -0.2) is 29.6 Å². The molecular formula is C13H19BrN2O3. The van der Waals surface area contributed by atoms with Gasteiger partial charge in [0.15, 0.2) is 0 Å². The molecule has 0 unspecified atom stereocenters. The first-order valence-corrected chi connectivity index (χ1v) is 6.94. The summed E-state index contributed by atoms with van der Waals surface area (Å²) in [5.41, 5.74) is 0.518. The summed E-state index contributed by atoms with van der Waals surface area (Å²) in [5, 5.41) is 2.72. The molecule has 0 spiro atoms. The molecule has 1 aromatic heterocycles. The first-order chi connectivity index (χ1) is 8.90. The van der Waals surface area contributed by atoms with Crippen molar-refractivity contribution in [2.45, 2.75) is 33.4 Å². The van der Waals surface area contributed by atoms with Crippen LogP contribution in [-0.2, 0) is 16.1 Å². The number of halogens is 1. The van der Waals surface area contributed by atoms with E-state index in [9.17, 15) is 9.59 Å². The number of nitrogens with zero attached hydrogens (tertiary/aromatic N) is 1. The standard InChI is InChI=1S/C13H19BrN2O3/c1-5-16-7-9(14)6-10(16)12(17)15-11(8(2)3)13(18)19-4/h6-8,11H,5H2,1-4H3,(H,15,17)/t11-/m0/s1. The van der Waals surface area contributed by atoms with Crippen LogP contribution in [0.3, 0.4) is 0 Å². The second kappa shape index (κ2) is 6.75. The Balaban J connectivity index is 2.90. The maximum atomic E-state index is 12.2. The highest BCUT2D eigenvalue weighted by Gasteiger charge is 2.26. The number of carbonyl (C=O) groups is 2. The summed E-state index contributed by atoms with van der Waals surface area (Å²) in [6, 6.07) is 1.09. The molecule has 0 bridgehead atoms. The van der Waals surface area contributed by atoms with E-state index in [0.717, 1.165) is 4.47 Å². The second-order valence-corrected chi connectivity index (χ2v) is 5.46. The zero-order valence-corrected chi connectivity index (χ0v) is 13.2. The molecule has 106 valence electrons. The molecule has 0 aliphatic rings. The van der Waals surface area contributed by atoms with E-state index in [1.54, 1.807) is 6.07 Å². The first kappa shape index (κ1) is 15.8. The lowest BCUT2D eigenvalue weighted by atomic mass is 10.0. The van der Waals surface area contributed by atoms with Gasteiger partial charge in [-0.1, -0.05) is 13.8 Å². The van der Waals surface area contributed by atoms with Crippen molar-refractivity contribution in [2.75, 3.05) is 7.11 Å². The quantitative estimate of drug-likeness (QED) is 0.842. The number of methoxy groups -OCH3 is 1. The highest BCUT2D eigenvalue weighted by molar-refractivity contribution is 9.10. The monoisotopic (exact) mass is 330 g/mol. The van der Waals surface area contributed by atoms with E-state index in [0.29, 0.717) is 12.2 Å². The van der Waals surface area contributed by atoms with Crippen LogP contribution in [0.1, 0.15) is 31.3 Å². The predicted octanol–water partition coefficient (Wildman–Crippen LogP) is 2.20. The number of aryl methyl sites for hydroxylation is 1. The lowest BCUT2D eigenvalue weighted by Gasteiger charge is -2.20. The summed E-state index contributed by atoms with van der Waals surface area (Å²) in [7, 11) is 1.31. The number of aromatic nitrogens is 1. The van der Waals surface area contributed by atoms with Gasteiger partial charge in [-0.3, -0.25) is 4.79 Å². The smallest absolute Gasteiger partial charge is 0.328 e. The SMILES string of the molecule is CCn1cc(Br)cc1C(=O)N[C@H](C(=O)OC)C(C)C. The molecule has 5 nitrogen and oxygen atoms in total. The Bertz CT molecular complexity index is 468. The molecule has 0 aliphatic heterocycles. The predicted molar refractivity (Wildman–Crippen MR) is 75.9 cm³/mol. The van der Waals surface area contributed by atoms with E-state index in [4.69, 9.17) is 4.74 Å². The molecule has 1 atom stereocenters. The van der Waals surface area contributed by atoms with Gasteiger partial charge >= 0.3 is 5.97 Å². The number of rotatable bonds is 5. The fourth-order valence-corrected chi connectivity index (χ4v) is 2.23. The molecule has 1 N–H and O–H groups in total. The zero-order valence-electron chi connectivity index (χ0n) is 11.6. The van der Waals surface area contributed by atoms with Gasteiger partial charge in [0.25, 0.3) is 5.91 Å². The van der Waals surface area contributed by atoms with Crippen LogP contribution in [0.25, 0.3) is 0 Å². The molecule has 19 heavy (non-hydrogen) atoms. The third-order valence-electron chi connectivity index (χ3n) is 2.84. The number of amides is 1. The summed E-state index contributed by atoms with van der Waals surface area (Å²) in [6.45, 7) is 6.34. The molecule has 1 heterocycles. The van der Waals surface area contributed by atoms with E-state index in [1.165, 1.54) is 7.11 Å². The minimum absolute atomic E-state index is 0.0371. The molecule has 0 aromatic carbocycles. The van der Waals surface area contributed by atoms with Crippen molar-refractivity contribution in [2.24, 2.45) is 5.92 Å². The summed E-state index contributed by atoms with van der Waals surface area (Å²) >= 11 is 3.34. The summed E-state index contributed by atoms with van der Waals surface area (Å²) < 4.78 is 7.35. The second-order valence-electron chi connectivity index (χ2n) is 4.55. The maximum absolute atomic E-state index is 12.2. The molecule has 0 fully saturated rings. The highest BCUT2D eigenvalue weighted by Crippen LogP contribution is 2.15. The molecule has 0 saturated heterocycles. The minimum atomic E-state index is -0.642. The van der Waals surface area contributed by atoms with Gasteiger partial charge in [0.2, 0.25) is 0 Å². The van der Waals surface area contributed by atoms with Gasteiger partial charge in [-0.05, 0) is 34.8 Å². The van der Waals surface area contributed by atoms with Gasteiger partial charge in [0, 0.05) is 17.2 Å². The van der Waals surface area contributed by atoms with E-state index < -0.39 is 12.0 Å². The van der Waals surface area contributed by atoms with Crippen LogP contribution in [0.15, 0.2) is 16.7 Å². The molecular weight excluding hydrogens is 312 g/mol. The molecule has 1 aromatic rings. The number of esters is 1. The normalized spacial score (nSPS) is 12.3. The van der Waals surface area contributed by atoms with Crippen LogP contribution in [0, 0.1) is 5.92 Å². The van der Waals surface area contributed by atoms with Crippen molar-refractivity contribution in [1.82, 2.24) is 9.88 Å². The Morgan fingerprint density at radius 1 is 1.47 bits per heavy atom. The molecule has 0 radical (unpaired) electrons. The molecule has 1 rings (SSSR count). The number of carbonyl (C=O) groups excluding carboxylic acids is 2. The van der Waals surface area contributed by atoms with Gasteiger partial charge in [-0.25, -0.2) is 4.79 Å².